The summed E-state index contributed by atoms with van der Waals surface area (Å²) in [4.78, 5) is 16.5. The molecule has 1 aromatic heterocycles. The number of nitrogens with one attached hydrogen (secondary N) is 1. The van der Waals surface area contributed by atoms with Crippen molar-refractivity contribution in [3.05, 3.63) is 11.4 Å². The number of aryl methyl sites for hydroxylation is 1. The molecule has 1 amide bonds. The van der Waals surface area contributed by atoms with Crippen LogP contribution < -0.4 is 5.73 Å². The molecular formula is C14H25N5O. The molecule has 1 aliphatic heterocycles. The second-order valence-corrected chi connectivity index (χ2v) is 5.82. The van der Waals surface area contributed by atoms with Gasteiger partial charge in [-0.25, -0.2) is 0 Å². The van der Waals surface area contributed by atoms with Gasteiger partial charge in [0.05, 0.1) is 11.4 Å². The molecule has 1 aromatic rings. The van der Waals surface area contributed by atoms with Gasteiger partial charge in [0.1, 0.15) is 0 Å². The lowest BCUT2D eigenvalue weighted by Gasteiger charge is -2.32. The van der Waals surface area contributed by atoms with Crippen LogP contribution in [0, 0.1) is 5.92 Å². The number of nitrogen functional groups attached to an aromatic ring is 1. The Balaban J connectivity index is 1.96. The molecule has 0 atom stereocenters. The number of hydrogen-bond acceptors (Lipinski definition) is 4. The zero-order chi connectivity index (χ0) is 14.7. The minimum absolute atomic E-state index is 0.0400. The van der Waals surface area contributed by atoms with Crippen LogP contribution in [-0.2, 0) is 6.42 Å². The van der Waals surface area contributed by atoms with Crippen molar-refractivity contribution in [1.82, 2.24) is 20.0 Å². The van der Waals surface area contributed by atoms with Gasteiger partial charge in [-0.3, -0.25) is 9.89 Å². The number of nitrogens with two attached hydrogens (primary N) is 1. The number of likely N-dealkylation sites (tertiary alicyclic amines) is 1. The average molecular weight is 279 g/mol. The van der Waals surface area contributed by atoms with E-state index in [1.165, 1.54) is 0 Å². The Hall–Kier alpha value is -1.56. The van der Waals surface area contributed by atoms with Crippen molar-refractivity contribution in [3.8, 4) is 0 Å². The summed E-state index contributed by atoms with van der Waals surface area (Å²) in [5.41, 5.74) is 7.70. The summed E-state index contributed by atoms with van der Waals surface area (Å²) in [7, 11) is 4.18. The highest BCUT2D eigenvalue weighted by atomic mass is 16.2. The predicted molar refractivity (Wildman–Crippen MR) is 79.6 cm³/mol. The Labute approximate surface area is 120 Å². The molecule has 112 valence electrons. The van der Waals surface area contributed by atoms with E-state index in [1.807, 2.05) is 11.8 Å². The van der Waals surface area contributed by atoms with Gasteiger partial charge < -0.3 is 15.5 Å². The van der Waals surface area contributed by atoms with Crippen LogP contribution in [0.2, 0.25) is 0 Å². The molecule has 2 rings (SSSR count). The molecule has 1 saturated heterocycles. The van der Waals surface area contributed by atoms with E-state index < -0.39 is 0 Å². The average Bonchev–Trinajstić information content (AvgIpc) is 2.79. The quantitative estimate of drug-likeness (QED) is 0.861. The summed E-state index contributed by atoms with van der Waals surface area (Å²) in [6.45, 7) is 4.67. The SMILES string of the molecule is CCc1[nH]nc(C(=O)N2CCC(CN(C)C)CC2)c1N. The number of carbonyl (C=O) groups excluding carboxylic acids is 1. The van der Waals surface area contributed by atoms with E-state index in [-0.39, 0.29) is 5.91 Å². The maximum absolute atomic E-state index is 12.4. The number of piperidine rings is 1. The van der Waals surface area contributed by atoms with Crippen molar-refractivity contribution >= 4 is 11.6 Å². The molecule has 1 fully saturated rings. The van der Waals surface area contributed by atoms with Gasteiger partial charge in [0.2, 0.25) is 0 Å². The van der Waals surface area contributed by atoms with Gasteiger partial charge in [-0.05, 0) is 39.3 Å². The minimum atomic E-state index is -0.0400. The van der Waals surface area contributed by atoms with Crippen LogP contribution in [0.4, 0.5) is 5.69 Å². The molecule has 6 nitrogen and oxygen atoms in total. The highest BCUT2D eigenvalue weighted by Crippen LogP contribution is 2.22. The van der Waals surface area contributed by atoms with Gasteiger partial charge in [-0.2, -0.15) is 5.10 Å². The van der Waals surface area contributed by atoms with Gasteiger partial charge in [-0.1, -0.05) is 6.92 Å². The molecule has 3 N–H and O–H groups in total. The number of aromatic nitrogens is 2. The number of aromatic amines is 1. The molecule has 0 saturated carbocycles. The second-order valence-electron chi connectivity index (χ2n) is 5.82. The van der Waals surface area contributed by atoms with Crippen LogP contribution in [0.3, 0.4) is 0 Å². The first-order valence-electron chi connectivity index (χ1n) is 7.29. The second kappa shape index (κ2) is 6.26. The van der Waals surface area contributed by atoms with E-state index in [0.29, 0.717) is 17.3 Å². The number of amides is 1. The third-order valence-corrected chi connectivity index (χ3v) is 3.96. The standard InChI is InChI=1S/C14H25N5O/c1-4-11-12(15)13(17-16-11)14(20)19-7-5-10(6-8-19)9-18(2)3/h10H,4-9,15H2,1-3H3,(H,16,17). The highest BCUT2D eigenvalue weighted by Gasteiger charge is 2.27. The first-order valence-corrected chi connectivity index (χ1v) is 7.29. The molecule has 0 aromatic carbocycles. The number of H-pyrrole nitrogens is 1. The molecule has 0 bridgehead atoms. The fourth-order valence-corrected chi connectivity index (χ4v) is 2.80. The first kappa shape index (κ1) is 14.8. The summed E-state index contributed by atoms with van der Waals surface area (Å²) in [5, 5.41) is 6.93. The van der Waals surface area contributed by atoms with Crippen LogP contribution in [0.15, 0.2) is 0 Å². The molecule has 6 heteroatoms. The van der Waals surface area contributed by atoms with Crippen molar-refractivity contribution in [1.29, 1.82) is 0 Å². The van der Waals surface area contributed by atoms with Crippen LogP contribution in [0.1, 0.15) is 35.9 Å². The Morgan fingerprint density at radius 3 is 2.60 bits per heavy atom. The normalized spacial score (nSPS) is 16.9. The van der Waals surface area contributed by atoms with Crippen molar-refractivity contribution in [3.63, 3.8) is 0 Å². The van der Waals surface area contributed by atoms with E-state index in [1.54, 1.807) is 0 Å². The van der Waals surface area contributed by atoms with E-state index in [0.717, 1.165) is 44.6 Å². The maximum atomic E-state index is 12.4. The first-order chi connectivity index (χ1) is 9.52. The molecule has 2 heterocycles. The van der Waals surface area contributed by atoms with Crippen LogP contribution in [-0.4, -0.2) is 59.6 Å². The van der Waals surface area contributed by atoms with Gasteiger partial charge in [0.25, 0.3) is 5.91 Å². The van der Waals surface area contributed by atoms with Gasteiger partial charge in [0.15, 0.2) is 5.69 Å². The van der Waals surface area contributed by atoms with Crippen LogP contribution in [0.25, 0.3) is 0 Å². The molecule has 0 unspecified atom stereocenters. The number of carbonyl (C=O) groups is 1. The van der Waals surface area contributed by atoms with Gasteiger partial charge in [-0.15, -0.1) is 0 Å². The Bertz CT molecular complexity index is 460. The van der Waals surface area contributed by atoms with Crippen LogP contribution in [0.5, 0.6) is 0 Å². The van der Waals surface area contributed by atoms with E-state index >= 15 is 0 Å². The maximum Gasteiger partial charge on any atom is 0.276 e. The summed E-state index contributed by atoms with van der Waals surface area (Å²) in [5.74, 6) is 0.638. The third-order valence-electron chi connectivity index (χ3n) is 3.96. The lowest BCUT2D eigenvalue weighted by atomic mass is 9.96. The topological polar surface area (TPSA) is 78.2 Å². The summed E-state index contributed by atoms with van der Waals surface area (Å²) >= 11 is 0. The van der Waals surface area contributed by atoms with Crippen molar-refractivity contribution in [2.24, 2.45) is 5.92 Å². The minimum Gasteiger partial charge on any atom is -0.395 e. The number of anilines is 1. The van der Waals surface area contributed by atoms with Gasteiger partial charge in [0, 0.05) is 19.6 Å². The Kier molecular flexibility index (Phi) is 4.65. The molecule has 1 aliphatic rings. The summed E-state index contributed by atoms with van der Waals surface area (Å²) in [6, 6.07) is 0. The van der Waals surface area contributed by atoms with E-state index in [9.17, 15) is 4.79 Å². The number of hydrogen-bond donors (Lipinski definition) is 2. The highest BCUT2D eigenvalue weighted by molar-refractivity contribution is 5.97. The molecule has 0 spiro atoms. The zero-order valence-electron chi connectivity index (χ0n) is 12.6. The van der Waals surface area contributed by atoms with Crippen molar-refractivity contribution in [2.75, 3.05) is 39.5 Å². The smallest absolute Gasteiger partial charge is 0.276 e. The lowest BCUT2D eigenvalue weighted by Crippen LogP contribution is -2.41. The molecule has 0 radical (unpaired) electrons. The molecule has 0 aliphatic carbocycles. The third kappa shape index (κ3) is 3.12. The number of rotatable bonds is 4. The van der Waals surface area contributed by atoms with Crippen molar-refractivity contribution in [2.45, 2.75) is 26.2 Å². The van der Waals surface area contributed by atoms with E-state index in [2.05, 4.69) is 29.2 Å². The molecular weight excluding hydrogens is 254 g/mol. The van der Waals surface area contributed by atoms with Crippen molar-refractivity contribution < 1.29 is 4.79 Å². The van der Waals surface area contributed by atoms with Crippen LogP contribution >= 0.6 is 0 Å². The Morgan fingerprint density at radius 1 is 1.45 bits per heavy atom. The monoisotopic (exact) mass is 279 g/mol. The Morgan fingerprint density at radius 2 is 2.10 bits per heavy atom. The zero-order valence-corrected chi connectivity index (χ0v) is 12.6. The molecule has 20 heavy (non-hydrogen) atoms. The predicted octanol–water partition coefficient (Wildman–Crippen LogP) is 0.968. The van der Waals surface area contributed by atoms with E-state index in [4.69, 9.17) is 5.73 Å². The fraction of sp³-hybridized carbons (Fsp3) is 0.714. The lowest BCUT2D eigenvalue weighted by molar-refractivity contribution is 0.0673. The number of nitrogens with zero attached hydrogens (tertiary/aromatic N) is 3. The van der Waals surface area contributed by atoms with Gasteiger partial charge >= 0.3 is 0 Å². The summed E-state index contributed by atoms with van der Waals surface area (Å²) in [6.07, 6.45) is 2.86. The summed E-state index contributed by atoms with van der Waals surface area (Å²) < 4.78 is 0. The fourth-order valence-electron chi connectivity index (χ4n) is 2.80. The largest absolute Gasteiger partial charge is 0.395 e.